The van der Waals surface area contributed by atoms with Gasteiger partial charge in [-0.25, -0.2) is 0 Å². The lowest BCUT2D eigenvalue weighted by molar-refractivity contribution is -0.256. The molecule has 7 atom stereocenters. The summed E-state index contributed by atoms with van der Waals surface area (Å²) < 4.78 is 11.5. The molecule has 3 heteroatoms. The van der Waals surface area contributed by atoms with Gasteiger partial charge in [-0.15, -0.1) is 0 Å². The fourth-order valence-electron chi connectivity index (χ4n) is 7.58. The maximum Gasteiger partial charge on any atom is 0.167 e. The molecule has 0 amide bonds. The summed E-state index contributed by atoms with van der Waals surface area (Å²) >= 11 is 0. The second-order valence-corrected chi connectivity index (χ2v) is 9.44. The summed E-state index contributed by atoms with van der Waals surface area (Å²) in [6, 6.07) is 0. The molecule has 142 valence electrons. The Hall–Kier alpha value is -0.380. The zero-order valence-electron chi connectivity index (χ0n) is 16.5. The van der Waals surface area contributed by atoms with Gasteiger partial charge < -0.3 is 14.6 Å². The molecule has 0 aliphatic heterocycles. The first-order chi connectivity index (χ1) is 12.0. The van der Waals surface area contributed by atoms with Crippen LogP contribution >= 0.6 is 0 Å². The third-order valence-corrected chi connectivity index (χ3v) is 8.95. The van der Waals surface area contributed by atoms with Crippen molar-refractivity contribution in [2.45, 2.75) is 77.1 Å². The maximum atomic E-state index is 11.1. The van der Waals surface area contributed by atoms with Crippen molar-refractivity contribution in [2.75, 3.05) is 14.2 Å². The first kappa shape index (κ1) is 18.0. The van der Waals surface area contributed by atoms with Gasteiger partial charge in [0.05, 0.1) is 6.10 Å². The lowest BCUT2D eigenvalue weighted by Crippen LogP contribution is -2.55. The summed E-state index contributed by atoms with van der Waals surface area (Å²) in [5.74, 6) is 2.83. The quantitative estimate of drug-likeness (QED) is 0.588. The van der Waals surface area contributed by atoms with Crippen molar-refractivity contribution < 1.29 is 14.6 Å². The molecular formula is C22H36O3. The fourth-order valence-corrected chi connectivity index (χ4v) is 7.58. The van der Waals surface area contributed by atoms with E-state index in [0.717, 1.165) is 37.5 Å². The number of allylic oxidation sites excluding steroid dienone is 2. The van der Waals surface area contributed by atoms with Gasteiger partial charge in [0.25, 0.3) is 0 Å². The van der Waals surface area contributed by atoms with Gasteiger partial charge in [-0.05, 0) is 80.5 Å². The van der Waals surface area contributed by atoms with Crippen LogP contribution in [0.5, 0.6) is 0 Å². The Morgan fingerprint density at radius 2 is 1.68 bits per heavy atom. The van der Waals surface area contributed by atoms with Crippen molar-refractivity contribution in [3.8, 4) is 0 Å². The standard InChI is InChI=1S/C22H36O3/c1-5-14-6-7-19-17-12-20(23)18-13-22(24-3,25-4)11-9-16(18)15(17)8-10-21(14,19)2/h5,15-20,23H,6-13H2,1-4H3/b14-5-/t15-,16-,17-,18+,19+,20-,21-/m1/s1. The molecule has 1 N–H and O–H groups in total. The van der Waals surface area contributed by atoms with Gasteiger partial charge in [-0.2, -0.15) is 0 Å². The van der Waals surface area contributed by atoms with E-state index in [1.165, 1.54) is 25.7 Å². The number of rotatable bonds is 2. The second-order valence-electron chi connectivity index (χ2n) is 9.44. The molecule has 0 aromatic heterocycles. The lowest BCUT2D eigenvalue weighted by Gasteiger charge is -2.58. The van der Waals surface area contributed by atoms with Crippen LogP contribution < -0.4 is 0 Å². The van der Waals surface area contributed by atoms with Gasteiger partial charge in [0, 0.05) is 27.1 Å². The number of hydrogen-bond acceptors (Lipinski definition) is 3. The molecule has 4 aliphatic rings. The predicted octanol–water partition coefficient (Wildman–Crippen LogP) is 4.55. The predicted molar refractivity (Wildman–Crippen MR) is 99.0 cm³/mol. The summed E-state index contributed by atoms with van der Waals surface area (Å²) in [6.07, 6.45) is 11.5. The number of methoxy groups -OCH3 is 2. The number of hydrogen-bond donors (Lipinski definition) is 1. The Balaban J connectivity index is 1.59. The molecule has 0 bridgehead atoms. The van der Waals surface area contributed by atoms with Crippen molar-refractivity contribution in [1.29, 1.82) is 0 Å². The Kier molecular flexibility index (Phi) is 4.57. The monoisotopic (exact) mass is 348 g/mol. The van der Waals surface area contributed by atoms with E-state index in [2.05, 4.69) is 19.9 Å². The summed E-state index contributed by atoms with van der Waals surface area (Å²) in [5.41, 5.74) is 2.09. The minimum Gasteiger partial charge on any atom is -0.393 e. The SMILES string of the molecule is C/C=C1/CC[C@H]2[C@@H]3C[C@@H](O)[C@H]4CC(OC)(OC)CC[C@@H]4[C@H]3CC[C@]12C. The average molecular weight is 349 g/mol. The van der Waals surface area contributed by atoms with Crippen molar-refractivity contribution >= 4 is 0 Å². The molecule has 0 radical (unpaired) electrons. The minimum absolute atomic E-state index is 0.187. The maximum absolute atomic E-state index is 11.1. The first-order valence-corrected chi connectivity index (χ1v) is 10.4. The van der Waals surface area contributed by atoms with Crippen molar-refractivity contribution in [1.82, 2.24) is 0 Å². The van der Waals surface area contributed by atoms with E-state index in [0.29, 0.717) is 23.2 Å². The van der Waals surface area contributed by atoms with Crippen LogP contribution in [-0.4, -0.2) is 31.2 Å². The normalized spacial score (nSPS) is 50.2. The van der Waals surface area contributed by atoms with E-state index in [4.69, 9.17) is 9.47 Å². The Morgan fingerprint density at radius 3 is 2.36 bits per heavy atom. The van der Waals surface area contributed by atoms with Crippen LogP contribution in [0.25, 0.3) is 0 Å². The summed E-state index contributed by atoms with van der Waals surface area (Å²) in [6.45, 7) is 4.73. The lowest BCUT2D eigenvalue weighted by atomic mass is 9.49. The second kappa shape index (κ2) is 6.35. The molecule has 0 unspecified atom stereocenters. The highest BCUT2D eigenvalue weighted by Gasteiger charge is 2.58. The molecule has 3 nitrogen and oxygen atoms in total. The average Bonchev–Trinajstić information content (AvgIpc) is 2.98. The highest BCUT2D eigenvalue weighted by Crippen LogP contribution is 2.64. The van der Waals surface area contributed by atoms with E-state index in [-0.39, 0.29) is 6.10 Å². The Bertz CT molecular complexity index is 537. The van der Waals surface area contributed by atoms with Crippen LogP contribution in [0, 0.1) is 35.0 Å². The number of ether oxygens (including phenoxy) is 2. The minimum atomic E-state index is -0.469. The molecule has 0 saturated heterocycles. The van der Waals surface area contributed by atoms with E-state index < -0.39 is 5.79 Å². The van der Waals surface area contributed by atoms with Gasteiger partial charge in [0.15, 0.2) is 5.79 Å². The molecule has 4 aliphatic carbocycles. The van der Waals surface area contributed by atoms with Gasteiger partial charge >= 0.3 is 0 Å². The summed E-state index contributed by atoms with van der Waals surface area (Å²) in [4.78, 5) is 0. The summed E-state index contributed by atoms with van der Waals surface area (Å²) in [7, 11) is 3.51. The van der Waals surface area contributed by atoms with E-state index >= 15 is 0 Å². The summed E-state index contributed by atoms with van der Waals surface area (Å²) in [5, 5.41) is 11.1. The van der Waals surface area contributed by atoms with Crippen LogP contribution in [-0.2, 0) is 9.47 Å². The van der Waals surface area contributed by atoms with Gasteiger partial charge in [0.1, 0.15) is 0 Å². The molecule has 0 heterocycles. The fraction of sp³-hybridized carbons (Fsp3) is 0.909. The van der Waals surface area contributed by atoms with Gasteiger partial charge in [0.2, 0.25) is 0 Å². The largest absolute Gasteiger partial charge is 0.393 e. The zero-order valence-corrected chi connectivity index (χ0v) is 16.5. The topological polar surface area (TPSA) is 38.7 Å². The molecule has 4 rings (SSSR count). The van der Waals surface area contributed by atoms with Crippen LogP contribution in [0.3, 0.4) is 0 Å². The van der Waals surface area contributed by atoms with E-state index in [1.54, 1.807) is 19.8 Å². The number of aliphatic hydroxyl groups excluding tert-OH is 1. The molecule has 0 aromatic carbocycles. The van der Waals surface area contributed by atoms with Crippen LogP contribution in [0.4, 0.5) is 0 Å². The van der Waals surface area contributed by atoms with Gasteiger partial charge in [-0.3, -0.25) is 0 Å². The van der Waals surface area contributed by atoms with Crippen molar-refractivity contribution in [3.05, 3.63) is 11.6 Å². The van der Waals surface area contributed by atoms with Crippen LogP contribution in [0.2, 0.25) is 0 Å². The highest BCUT2D eigenvalue weighted by molar-refractivity contribution is 5.23. The van der Waals surface area contributed by atoms with E-state index in [9.17, 15) is 5.11 Å². The first-order valence-electron chi connectivity index (χ1n) is 10.4. The van der Waals surface area contributed by atoms with Crippen molar-refractivity contribution in [2.24, 2.45) is 35.0 Å². The molecule has 4 fully saturated rings. The third-order valence-electron chi connectivity index (χ3n) is 8.95. The smallest absolute Gasteiger partial charge is 0.167 e. The third kappa shape index (κ3) is 2.56. The Morgan fingerprint density at radius 1 is 1.00 bits per heavy atom. The Labute approximate surface area is 153 Å². The molecular weight excluding hydrogens is 312 g/mol. The van der Waals surface area contributed by atoms with Crippen molar-refractivity contribution in [3.63, 3.8) is 0 Å². The molecule has 0 spiro atoms. The number of fused-ring (bicyclic) bond motifs is 5. The molecule has 0 aromatic rings. The zero-order chi connectivity index (χ0) is 17.8. The molecule has 4 saturated carbocycles. The van der Waals surface area contributed by atoms with Gasteiger partial charge in [-0.1, -0.05) is 18.6 Å². The highest BCUT2D eigenvalue weighted by atomic mass is 16.7. The van der Waals surface area contributed by atoms with E-state index in [1.807, 2.05) is 0 Å². The number of aliphatic hydroxyl groups is 1. The van der Waals surface area contributed by atoms with Crippen LogP contribution in [0.1, 0.15) is 65.2 Å². The molecule has 25 heavy (non-hydrogen) atoms. The van der Waals surface area contributed by atoms with Crippen LogP contribution in [0.15, 0.2) is 11.6 Å².